The Bertz CT molecular complexity index is 535. The molecule has 0 saturated carbocycles. The molecule has 0 amide bonds. The lowest BCUT2D eigenvalue weighted by molar-refractivity contribution is -0.136. The SMILES string of the molecule is O=C(O)CCc1cnc(C2CCCCS2(=O)=O)s1. The van der Waals surface area contributed by atoms with Crippen LogP contribution < -0.4 is 0 Å². The Labute approximate surface area is 110 Å². The maximum atomic E-state index is 11.9. The van der Waals surface area contributed by atoms with E-state index in [4.69, 9.17) is 5.11 Å². The molecule has 2 heterocycles. The van der Waals surface area contributed by atoms with Crippen LogP contribution in [0, 0.1) is 0 Å². The molecular weight excluding hydrogens is 274 g/mol. The summed E-state index contributed by atoms with van der Waals surface area (Å²) >= 11 is 1.33. The highest BCUT2D eigenvalue weighted by Crippen LogP contribution is 2.35. The van der Waals surface area contributed by atoms with E-state index in [2.05, 4.69) is 4.98 Å². The standard InChI is InChI=1S/C11H15NO4S2/c13-10(14)5-4-8-7-12-11(17-8)9-3-1-2-6-18(9,15)16/h7,9H,1-6H2,(H,13,14). The molecule has 5 nitrogen and oxygen atoms in total. The van der Waals surface area contributed by atoms with Crippen LogP contribution in [0.25, 0.3) is 0 Å². The van der Waals surface area contributed by atoms with Crippen LogP contribution in [-0.4, -0.2) is 30.2 Å². The van der Waals surface area contributed by atoms with Gasteiger partial charge in [0.2, 0.25) is 0 Å². The number of aromatic nitrogens is 1. The topological polar surface area (TPSA) is 84.3 Å². The number of aryl methyl sites for hydroxylation is 1. The van der Waals surface area contributed by atoms with E-state index in [1.165, 1.54) is 11.3 Å². The summed E-state index contributed by atoms with van der Waals surface area (Å²) in [6.45, 7) is 0. The minimum Gasteiger partial charge on any atom is -0.481 e. The van der Waals surface area contributed by atoms with Gasteiger partial charge in [-0.15, -0.1) is 11.3 Å². The molecule has 1 N–H and O–H groups in total. The van der Waals surface area contributed by atoms with Crippen LogP contribution in [0.5, 0.6) is 0 Å². The van der Waals surface area contributed by atoms with Gasteiger partial charge in [0.25, 0.3) is 0 Å². The van der Waals surface area contributed by atoms with Gasteiger partial charge in [0.15, 0.2) is 9.84 Å². The molecule has 100 valence electrons. The fourth-order valence-electron chi connectivity index (χ4n) is 2.05. The fourth-order valence-corrected chi connectivity index (χ4v) is 5.35. The maximum Gasteiger partial charge on any atom is 0.303 e. The molecule has 0 spiro atoms. The quantitative estimate of drug-likeness (QED) is 0.913. The number of carboxylic acids is 1. The molecule has 2 rings (SSSR count). The van der Waals surface area contributed by atoms with Gasteiger partial charge in [-0.3, -0.25) is 4.79 Å². The third kappa shape index (κ3) is 3.08. The van der Waals surface area contributed by atoms with Gasteiger partial charge in [0.05, 0.1) is 12.2 Å². The zero-order valence-electron chi connectivity index (χ0n) is 9.83. The Hall–Kier alpha value is -0.950. The molecule has 1 aromatic rings. The number of thiazole rings is 1. The number of carbonyl (C=O) groups is 1. The summed E-state index contributed by atoms with van der Waals surface area (Å²) < 4.78 is 23.9. The van der Waals surface area contributed by atoms with Gasteiger partial charge < -0.3 is 5.11 Å². The molecule has 1 aromatic heterocycles. The summed E-state index contributed by atoms with van der Waals surface area (Å²) in [4.78, 5) is 15.5. The van der Waals surface area contributed by atoms with Crippen molar-refractivity contribution in [2.75, 3.05) is 5.75 Å². The van der Waals surface area contributed by atoms with Crippen LogP contribution in [0.15, 0.2) is 6.20 Å². The first kappa shape index (κ1) is 13.5. The van der Waals surface area contributed by atoms with Gasteiger partial charge >= 0.3 is 5.97 Å². The molecular formula is C11H15NO4S2. The second-order valence-corrected chi connectivity index (χ2v) is 7.86. The summed E-state index contributed by atoms with van der Waals surface area (Å²) in [6.07, 6.45) is 4.35. The first-order valence-corrected chi connectivity index (χ1v) is 8.40. The second kappa shape index (κ2) is 5.36. The molecule has 18 heavy (non-hydrogen) atoms. The highest BCUT2D eigenvalue weighted by Gasteiger charge is 2.32. The normalized spacial score (nSPS) is 22.8. The number of hydrogen-bond donors (Lipinski definition) is 1. The van der Waals surface area contributed by atoms with Gasteiger partial charge in [0.1, 0.15) is 10.3 Å². The van der Waals surface area contributed by atoms with E-state index in [-0.39, 0.29) is 12.2 Å². The van der Waals surface area contributed by atoms with E-state index in [0.717, 1.165) is 17.7 Å². The number of aliphatic carboxylic acids is 1. The Morgan fingerprint density at radius 1 is 1.50 bits per heavy atom. The number of rotatable bonds is 4. The monoisotopic (exact) mass is 289 g/mol. The third-order valence-corrected chi connectivity index (χ3v) is 6.51. The zero-order valence-corrected chi connectivity index (χ0v) is 11.5. The average Bonchev–Trinajstić information content (AvgIpc) is 2.74. The third-order valence-electron chi connectivity index (χ3n) is 3.01. The maximum absolute atomic E-state index is 11.9. The summed E-state index contributed by atoms with van der Waals surface area (Å²) in [6, 6.07) is 0. The van der Waals surface area contributed by atoms with Gasteiger partial charge in [-0.2, -0.15) is 0 Å². The van der Waals surface area contributed by atoms with E-state index >= 15 is 0 Å². The molecule has 1 aliphatic rings. The fraction of sp³-hybridized carbons (Fsp3) is 0.636. The van der Waals surface area contributed by atoms with E-state index in [1.807, 2.05) is 0 Å². The number of sulfone groups is 1. The lowest BCUT2D eigenvalue weighted by Crippen LogP contribution is -2.21. The summed E-state index contributed by atoms with van der Waals surface area (Å²) in [5, 5.41) is 8.75. The first-order valence-electron chi connectivity index (χ1n) is 5.87. The van der Waals surface area contributed by atoms with Gasteiger partial charge in [-0.1, -0.05) is 6.42 Å². The summed E-state index contributed by atoms with van der Waals surface area (Å²) in [5.74, 6) is -0.614. The number of hydrogen-bond acceptors (Lipinski definition) is 5. The predicted molar refractivity (Wildman–Crippen MR) is 68.4 cm³/mol. The Morgan fingerprint density at radius 2 is 2.28 bits per heavy atom. The Balaban J connectivity index is 2.11. The van der Waals surface area contributed by atoms with E-state index in [1.54, 1.807) is 6.20 Å². The summed E-state index contributed by atoms with van der Waals surface area (Å²) in [7, 11) is -3.06. The van der Waals surface area contributed by atoms with Gasteiger partial charge in [0, 0.05) is 11.1 Å². The van der Waals surface area contributed by atoms with Crippen LogP contribution >= 0.6 is 11.3 Å². The lowest BCUT2D eigenvalue weighted by Gasteiger charge is -2.19. The van der Waals surface area contributed by atoms with Crippen molar-refractivity contribution in [3.63, 3.8) is 0 Å². The predicted octanol–water partition coefficient (Wildman–Crippen LogP) is 1.80. The zero-order chi connectivity index (χ0) is 13.2. The second-order valence-electron chi connectivity index (χ2n) is 4.41. The van der Waals surface area contributed by atoms with Crippen molar-refractivity contribution in [3.05, 3.63) is 16.1 Å². The van der Waals surface area contributed by atoms with Crippen molar-refractivity contribution >= 4 is 27.1 Å². The highest BCUT2D eigenvalue weighted by atomic mass is 32.2. The summed E-state index contributed by atoms with van der Waals surface area (Å²) in [5.41, 5.74) is 0. The van der Waals surface area contributed by atoms with Crippen molar-refractivity contribution in [1.82, 2.24) is 4.98 Å². The van der Waals surface area contributed by atoms with E-state index < -0.39 is 21.1 Å². The highest BCUT2D eigenvalue weighted by molar-refractivity contribution is 7.91. The molecule has 7 heteroatoms. The van der Waals surface area contributed by atoms with Crippen molar-refractivity contribution in [1.29, 1.82) is 0 Å². The van der Waals surface area contributed by atoms with E-state index in [0.29, 0.717) is 17.8 Å². The van der Waals surface area contributed by atoms with Crippen molar-refractivity contribution < 1.29 is 18.3 Å². The molecule has 1 unspecified atom stereocenters. The van der Waals surface area contributed by atoms with Gasteiger partial charge in [-0.25, -0.2) is 13.4 Å². The van der Waals surface area contributed by atoms with Gasteiger partial charge in [-0.05, 0) is 19.3 Å². The first-order chi connectivity index (χ1) is 8.49. The van der Waals surface area contributed by atoms with Crippen LogP contribution in [0.3, 0.4) is 0 Å². The van der Waals surface area contributed by atoms with Crippen molar-refractivity contribution in [2.24, 2.45) is 0 Å². The molecule has 0 bridgehead atoms. The lowest BCUT2D eigenvalue weighted by atomic mass is 10.2. The Kier molecular flexibility index (Phi) is 4.01. The van der Waals surface area contributed by atoms with Crippen LogP contribution in [0.2, 0.25) is 0 Å². The van der Waals surface area contributed by atoms with Crippen LogP contribution in [-0.2, 0) is 21.1 Å². The van der Waals surface area contributed by atoms with Crippen LogP contribution in [0.1, 0.15) is 40.8 Å². The molecule has 0 radical (unpaired) electrons. The molecule has 0 aromatic carbocycles. The van der Waals surface area contributed by atoms with Crippen molar-refractivity contribution in [3.8, 4) is 0 Å². The van der Waals surface area contributed by atoms with Crippen molar-refractivity contribution in [2.45, 2.75) is 37.4 Å². The molecule has 1 saturated heterocycles. The number of nitrogens with zero attached hydrogens (tertiary/aromatic N) is 1. The minimum absolute atomic E-state index is 0.0546. The molecule has 1 aliphatic heterocycles. The Morgan fingerprint density at radius 3 is 2.94 bits per heavy atom. The molecule has 0 aliphatic carbocycles. The molecule has 1 atom stereocenters. The minimum atomic E-state index is -3.06. The number of carboxylic acid groups (broad SMARTS) is 1. The largest absolute Gasteiger partial charge is 0.481 e. The molecule has 1 fully saturated rings. The van der Waals surface area contributed by atoms with E-state index in [9.17, 15) is 13.2 Å². The van der Waals surface area contributed by atoms with Crippen LogP contribution in [0.4, 0.5) is 0 Å². The smallest absolute Gasteiger partial charge is 0.303 e. The average molecular weight is 289 g/mol.